The zero-order valence-electron chi connectivity index (χ0n) is 13.4. The molecule has 1 saturated carbocycles. The molecule has 1 aromatic heterocycles. The average Bonchev–Trinajstić information content (AvgIpc) is 2.90. The summed E-state index contributed by atoms with van der Waals surface area (Å²) in [5.74, 6) is 0.713. The van der Waals surface area contributed by atoms with Gasteiger partial charge in [0.1, 0.15) is 0 Å². The first-order chi connectivity index (χ1) is 10.8. The van der Waals surface area contributed by atoms with Crippen molar-refractivity contribution in [1.82, 2.24) is 4.57 Å². The van der Waals surface area contributed by atoms with Crippen LogP contribution in [0.4, 0.5) is 0 Å². The number of allylic oxidation sites excluding steroid dienone is 1. The van der Waals surface area contributed by atoms with E-state index in [1.165, 1.54) is 59.8 Å². The van der Waals surface area contributed by atoms with Gasteiger partial charge >= 0.3 is 0 Å². The molecule has 0 N–H and O–H groups in total. The summed E-state index contributed by atoms with van der Waals surface area (Å²) in [6.07, 6.45) is 8.47. The third kappa shape index (κ3) is 3.32. The fourth-order valence-electron chi connectivity index (χ4n) is 3.39. The van der Waals surface area contributed by atoms with E-state index in [0.717, 1.165) is 12.8 Å². The van der Waals surface area contributed by atoms with Crippen molar-refractivity contribution < 1.29 is 0 Å². The summed E-state index contributed by atoms with van der Waals surface area (Å²) in [5, 5.41) is 1.30. The van der Waals surface area contributed by atoms with Crippen LogP contribution in [0.25, 0.3) is 16.5 Å². The summed E-state index contributed by atoms with van der Waals surface area (Å²) in [6.45, 7) is 0. The predicted octanol–water partition coefficient (Wildman–Crippen LogP) is 6.07. The number of alkyl halides is 1. The molecule has 0 aliphatic heterocycles. The molecule has 1 aliphatic carbocycles. The van der Waals surface area contributed by atoms with E-state index in [4.69, 9.17) is 11.6 Å². The number of aryl methyl sites for hydroxylation is 1. The van der Waals surface area contributed by atoms with Crippen molar-refractivity contribution in [1.29, 1.82) is 0 Å². The molecule has 0 bridgehead atoms. The molecule has 1 aromatic carbocycles. The van der Waals surface area contributed by atoms with Crippen LogP contribution in [-0.2, 0) is 7.05 Å². The fourth-order valence-corrected chi connectivity index (χ4v) is 3.53. The highest BCUT2D eigenvalue weighted by Gasteiger charge is 2.11. The van der Waals surface area contributed by atoms with Crippen molar-refractivity contribution in [2.75, 3.05) is 5.88 Å². The number of fused-ring (bicyclic) bond motifs is 1. The van der Waals surface area contributed by atoms with Gasteiger partial charge in [-0.3, -0.25) is 0 Å². The number of rotatable bonds is 4. The van der Waals surface area contributed by atoms with E-state index in [1.54, 1.807) is 0 Å². The Bertz CT molecular complexity index is 708. The summed E-state index contributed by atoms with van der Waals surface area (Å²) in [7, 11) is 2.16. The Balaban J connectivity index is 2.07. The maximum atomic E-state index is 5.94. The number of hydrogen-bond donors (Lipinski definition) is 0. The van der Waals surface area contributed by atoms with Crippen LogP contribution in [0.1, 0.15) is 50.6 Å². The van der Waals surface area contributed by atoms with Crippen molar-refractivity contribution in [3.8, 4) is 0 Å². The van der Waals surface area contributed by atoms with Crippen LogP contribution in [0.15, 0.2) is 41.6 Å². The van der Waals surface area contributed by atoms with Gasteiger partial charge in [-0.1, -0.05) is 24.6 Å². The molecule has 2 heteroatoms. The highest BCUT2D eigenvalue weighted by atomic mass is 35.5. The van der Waals surface area contributed by atoms with Gasteiger partial charge in [-0.05, 0) is 56.2 Å². The molecule has 0 spiro atoms. The normalized spacial score (nSPS) is 15.1. The molecule has 1 fully saturated rings. The van der Waals surface area contributed by atoms with Crippen molar-refractivity contribution >= 4 is 28.1 Å². The van der Waals surface area contributed by atoms with Crippen LogP contribution in [0, 0.1) is 0 Å². The molecule has 0 radical (unpaired) electrons. The summed E-state index contributed by atoms with van der Waals surface area (Å²) in [6, 6.07) is 10.9. The zero-order valence-corrected chi connectivity index (χ0v) is 14.1. The molecular weight excluding hydrogens is 290 g/mol. The minimum absolute atomic E-state index is 0.713. The van der Waals surface area contributed by atoms with Crippen LogP contribution >= 0.6 is 11.6 Å². The standard InChI is InChI=1S/C20H24ClN/c1-22-19-12-6-5-10-18(19)15-20(22)17(11-7-13-21)14-16-8-3-2-4-9-16/h5-6,10,12,15H,2-4,7-9,11,13H2,1H3. The van der Waals surface area contributed by atoms with Gasteiger partial charge in [0.25, 0.3) is 0 Å². The van der Waals surface area contributed by atoms with Gasteiger partial charge in [-0.15, -0.1) is 17.3 Å². The van der Waals surface area contributed by atoms with E-state index >= 15 is 0 Å². The molecule has 22 heavy (non-hydrogen) atoms. The Hall–Kier alpha value is -1.43. The molecule has 0 unspecified atom stereocenters. The smallest absolute Gasteiger partial charge is 0.0525 e. The quantitative estimate of drug-likeness (QED) is 0.477. The Morgan fingerprint density at radius 3 is 2.68 bits per heavy atom. The minimum atomic E-state index is 0.713. The van der Waals surface area contributed by atoms with Gasteiger partial charge < -0.3 is 4.57 Å². The van der Waals surface area contributed by atoms with E-state index in [0.29, 0.717) is 5.88 Å². The molecule has 3 rings (SSSR count). The van der Waals surface area contributed by atoms with Gasteiger partial charge in [0.15, 0.2) is 0 Å². The van der Waals surface area contributed by atoms with E-state index in [9.17, 15) is 0 Å². The number of benzene rings is 1. The van der Waals surface area contributed by atoms with Gasteiger partial charge in [0.2, 0.25) is 0 Å². The number of hydrogen-bond acceptors (Lipinski definition) is 0. The molecule has 0 amide bonds. The topological polar surface area (TPSA) is 4.93 Å². The first-order valence-electron chi connectivity index (χ1n) is 8.38. The minimum Gasteiger partial charge on any atom is -0.343 e. The zero-order chi connectivity index (χ0) is 15.4. The van der Waals surface area contributed by atoms with E-state index in [-0.39, 0.29) is 0 Å². The lowest BCUT2D eigenvalue weighted by Gasteiger charge is -2.12. The van der Waals surface area contributed by atoms with Crippen LogP contribution < -0.4 is 0 Å². The third-order valence-corrected chi connectivity index (χ3v) is 4.87. The summed E-state index contributed by atoms with van der Waals surface area (Å²) in [4.78, 5) is 0. The molecular formula is C20H24ClN. The molecule has 116 valence electrons. The molecule has 1 aliphatic rings. The first kappa shape index (κ1) is 15.5. The van der Waals surface area contributed by atoms with E-state index in [2.05, 4.69) is 47.7 Å². The van der Waals surface area contributed by atoms with Crippen LogP contribution in [-0.4, -0.2) is 10.4 Å². The molecule has 1 nitrogen and oxygen atoms in total. The largest absolute Gasteiger partial charge is 0.343 e. The average molecular weight is 314 g/mol. The van der Waals surface area contributed by atoms with Crippen LogP contribution in [0.3, 0.4) is 0 Å². The Morgan fingerprint density at radius 2 is 1.95 bits per heavy atom. The monoisotopic (exact) mass is 313 g/mol. The Morgan fingerprint density at radius 1 is 1.18 bits per heavy atom. The van der Waals surface area contributed by atoms with E-state index < -0.39 is 0 Å². The fraction of sp³-hybridized carbons (Fsp3) is 0.450. The van der Waals surface area contributed by atoms with Crippen LogP contribution in [0.2, 0.25) is 0 Å². The summed E-state index contributed by atoms with van der Waals surface area (Å²) < 4.78 is 2.30. The van der Waals surface area contributed by atoms with E-state index in [1.807, 2.05) is 0 Å². The summed E-state index contributed by atoms with van der Waals surface area (Å²) in [5.41, 5.74) is 9.18. The number of aromatic nitrogens is 1. The first-order valence-corrected chi connectivity index (χ1v) is 8.91. The number of halogens is 1. The van der Waals surface area contributed by atoms with Crippen LogP contribution in [0.5, 0.6) is 0 Å². The third-order valence-electron chi connectivity index (χ3n) is 4.61. The van der Waals surface area contributed by atoms with Gasteiger partial charge in [0, 0.05) is 29.4 Å². The highest BCUT2D eigenvalue weighted by Crippen LogP contribution is 2.29. The second-order valence-corrected chi connectivity index (χ2v) is 6.59. The lowest BCUT2D eigenvalue weighted by Crippen LogP contribution is -1.97. The molecule has 0 saturated heterocycles. The predicted molar refractivity (Wildman–Crippen MR) is 96.4 cm³/mol. The highest BCUT2D eigenvalue weighted by molar-refractivity contribution is 6.17. The van der Waals surface area contributed by atoms with Crippen molar-refractivity contribution in [3.63, 3.8) is 0 Å². The van der Waals surface area contributed by atoms with Crippen molar-refractivity contribution in [2.45, 2.75) is 44.9 Å². The van der Waals surface area contributed by atoms with Crippen molar-refractivity contribution in [3.05, 3.63) is 47.3 Å². The van der Waals surface area contributed by atoms with Crippen molar-refractivity contribution in [2.24, 2.45) is 7.05 Å². The maximum Gasteiger partial charge on any atom is 0.0525 e. The number of para-hydroxylation sites is 1. The van der Waals surface area contributed by atoms with Gasteiger partial charge in [0.05, 0.1) is 5.69 Å². The molecule has 2 aromatic rings. The summed E-state index contributed by atoms with van der Waals surface area (Å²) >= 11 is 5.94. The second kappa shape index (κ2) is 7.22. The molecule has 0 atom stereocenters. The van der Waals surface area contributed by atoms with Gasteiger partial charge in [-0.2, -0.15) is 0 Å². The maximum absolute atomic E-state index is 5.94. The number of nitrogens with zero attached hydrogens (tertiary/aromatic N) is 1. The Kier molecular flexibility index (Phi) is 5.08. The molecule has 1 heterocycles. The second-order valence-electron chi connectivity index (χ2n) is 6.21. The van der Waals surface area contributed by atoms with Gasteiger partial charge in [-0.25, -0.2) is 0 Å². The lowest BCUT2D eigenvalue weighted by atomic mass is 9.94. The lowest BCUT2D eigenvalue weighted by molar-refractivity contribution is 0.600. The SMILES string of the molecule is Cn1c(C(=C=C2CCCCC2)CCCCl)cc2ccccc21. The Labute approximate surface area is 138 Å².